The number of nitrogens with zero attached hydrogens (tertiary/aromatic N) is 4. The van der Waals surface area contributed by atoms with E-state index in [9.17, 15) is 5.26 Å². The molecule has 1 saturated carbocycles. The van der Waals surface area contributed by atoms with Crippen LogP contribution in [0.1, 0.15) is 39.5 Å². The average molecular weight is 295 g/mol. The van der Waals surface area contributed by atoms with Crippen molar-refractivity contribution in [2.45, 2.75) is 45.1 Å². The van der Waals surface area contributed by atoms with Crippen molar-refractivity contribution in [3.63, 3.8) is 0 Å². The molecule has 2 rings (SSSR count). The van der Waals surface area contributed by atoms with E-state index in [0.717, 1.165) is 25.7 Å². The van der Waals surface area contributed by atoms with E-state index in [4.69, 9.17) is 11.6 Å². The quantitative estimate of drug-likeness (QED) is 0.891. The third kappa shape index (κ3) is 3.28. The topological polar surface area (TPSA) is 86.5 Å². The Hall–Kier alpha value is -1.61. The summed E-state index contributed by atoms with van der Waals surface area (Å²) in [5.41, 5.74) is -0.513. The molecule has 0 radical (unpaired) electrons. The van der Waals surface area contributed by atoms with Gasteiger partial charge in [-0.15, -0.1) is 0 Å². The molecule has 1 heterocycles. The Bertz CT molecular complexity index is 538. The Labute approximate surface area is 124 Å². The van der Waals surface area contributed by atoms with Crippen LogP contribution in [-0.4, -0.2) is 27.5 Å². The molecule has 2 N–H and O–H groups in total. The van der Waals surface area contributed by atoms with Gasteiger partial charge in [-0.1, -0.05) is 13.8 Å². The van der Waals surface area contributed by atoms with Gasteiger partial charge in [-0.25, -0.2) is 0 Å². The maximum absolute atomic E-state index is 9.60. The van der Waals surface area contributed by atoms with Crippen molar-refractivity contribution in [1.82, 2.24) is 15.0 Å². The summed E-state index contributed by atoms with van der Waals surface area (Å²) < 4.78 is 0. The first-order chi connectivity index (χ1) is 9.38. The number of hydrogen-bond donors (Lipinski definition) is 2. The highest BCUT2D eigenvalue weighted by Gasteiger charge is 2.41. The molecule has 7 heteroatoms. The van der Waals surface area contributed by atoms with E-state index in [0.29, 0.717) is 11.9 Å². The van der Waals surface area contributed by atoms with Crippen LogP contribution in [0.2, 0.25) is 5.28 Å². The normalized spacial score (nSPS) is 24.8. The van der Waals surface area contributed by atoms with Crippen molar-refractivity contribution >= 4 is 23.5 Å². The molecule has 1 fully saturated rings. The first-order valence-corrected chi connectivity index (χ1v) is 7.05. The van der Waals surface area contributed by atoms with Gasteiger partial charge in [0.15, 0.2) is 0 Å². The van der Waals surface area contributed by atoms with Crippen LogP contribution >= 0.6 is 11.6 Å². The summed E-state index contributed by atoms with van der Waals surface area (Å²) in [7, 11) is 1.71. The molecule has 0 aromatic carbocycles. The standard InChI is InChI=1S/C13H19ClN6/c1-12(2)5-4-6-13(7-12,8-15)20-11-18-9(14)17-10(16-3)19-11/h4-7H2,1-3H3,(H2,16,17,18,19,20). The largest absolute Gasteiger partial charge is 0.357 e. The van der Waals surface area contributed by atoms with Gasteiger partial charge in [0, 0.05) is 7.05 Å². The van der Waals surface area contributed by atoms with Crippen molar-refractivity contribution in [2.24, 2.45) is 5.41 Å². The summed E-state index contributed by atoms with van der Waals surface area (Å²) in [6.07, 6.45) is 3.67. The third-order valence-electron chi connectivity index (χ3n) is 3.63. The van der Waals surface area contributed by atoms with Crippen LogP contribution in [0.4, 0.5) is 11.9 Å². The van der Waals surface area contributed by atoms with Gasteiger partial charge in [0.05, 0.1) is 6.07 Å². The lowest BCUT2D eigenvalue weighted by molar-refractivity contribution is 0.197. The Morgan fingerprint density at radius 2 is 1.90 bits per heavy atom. The lowest BCUT2D eigenvalue weighted by Crippen LogP contribution is -2.44. The fraction of sp³-hybridized carbons (Fsp3) is 0.692. The minimum atomic E-state index is -0.641. The molecule has 108 valence electrons. The van der Waals surface area contributed by atoms with E-state index in [-0.39, 0.29) is 10.7 Å². The van der Waals surface area contributed by atoms with Gasteiger partial charge < -0.3 is 10.6 Å². The summed E-state index contributed by atoms with van der Waals surface area (Å²) in [6.45, 7) is 4.36. The number of nitriles is 1. The van der Waals surface area contributed by atoms with Crippen LogP contribution < -0.4 is 10.6 Å². The molecule has 0 aliphatic heterocycles. The molecule has 0 spiro atoms. The van der Waals surface area contributed by atoms with Crippen LogP contribution in [0.5, 0.6) is 0 Å². The van der Waals surface area contributed by atoms with Gasteiger partial charge in [-0.3, -0.25) is 0 Å². The van der Waals surface area contributed by atoms with E-state index in [2.05, 4.69) is 45.5 Å². The van der Waals surface area contributed by atoms with Crippen molar-refractivity contribution in [1.29, 1.82) is 5.26 Å². The predicted molar refractivity (Wildman–Crippen MR) is 78.6 cm³/mol. The summed E-state index contributed by atoms with van der Waals surface area (Å²) >= 11 is 5.87. The van der Waals surface area contributed by atoms with E-state index in [1.165, 1.54) is 0 Å². The van der Waals surface area contributed by atoms with Crippen molar-refractivity contribution < 1.29 is 0 Å². The molecule has 6 nitrogen and oxygen atoms in total. The van der Waals surface area contributed by atoms with Crippen LogP contribution in [0.25, 0.3) is 0 Å². The van der Waals surface area contributed by atoms with Gasteiger partial charge in [0.25, 0.3) is 0 Å². The maximum Gasteiger partial charge on any atom is 0.230 e. The third-order valence-corrected chi connectivity index (χ3v) is 3.80. The lowest BCUT2D eigenvalue weighted by atomic mass is 9.68. The molecule has 0 saturated heterocycles. The Morgan fingerprint density at radius 1 is 1.20 bits per heavy atom. The molecule has 0 bridgehead atoms. The zero-order chi connectivity index (χ0) is 14.8. The number of rotatable bonds is 3. The van der Waals surface area contributed by atoms with Crippen LogP contribution in [-0.2, 0) is 0 Å². The van der Waals surface area contributed by atoms with Crippen molar-refractivity contribution in [3.05, 3.63) is 5.28 Å². The molecular formula is C13H19ClN6. The molecule has 1 atom stereocenters. The fourth-order valence-electron chi connectivity index (χ4n) is 2.82. The van der Waals surface area contributed by atoms with Crippen LogP contribution in [0.15, 0.2) is 0 Å². The second-order valence-electron chi connectivity index (χ2n) is 6.02. The Balaban J connectivity index is 2.26. The fourth-order valence-corrected chi connectivity index (χ4v) is 2.98. The summed E-state index contributed by atoms with van der Waals surface area (Å²) in [4.78, 5) is 12.2. The molecule has 1 unspecified atom stereocenters. The molecule has 1 aliphatic rings. The van der Waals surface area contributed by atoms with Gasteiger partial charge >= 0.3 is 0 Å². The first kappa shape index (κ1) is 14.8. The maximum atomic E-state index is 9.60. The zero-order valence-corrected chi connectivity index (χ0v) is 12.8. The minimum absolute atomic E-state index is 0.106. The highest BCUT2D eigenvalue weighted by atomic mass is 35.5. The minimum Gasteiger partial charge on any atom is -0.357 e. The highest BCUT2D eigenvalue weighted by Crippen LogP contribution is 2.42. The van der Waals surface area contributed by atoms with Crippen LogP contribution in [0.3, 0.4) is 0 Å². The highest BCUT2D eigenvalue weighted by molar-refractivity contribution is 6.28. The lowest BCUT2D eigenvalue weighted by Gasteiger charge is -2.40. The summed E-state index contributed by atoms with van der Waals surface area (Å²) in [5, 5.41) is 15.7. The monoisotopic (exact) mass is 294 g/mol. The number of halogens is 1. The number of aromatic nitrogens is 3. The van der Waals surface area contributed by atoms with Crippen molar-refractivity contribution in [3.8, 4) is 6.07 Å². The summed E-state index contributed by atoms with van der Waals surface area (Å²) in [5.74, 6) is 0.726. The summed E-state index contributed by atoms with van der Waals surface area (Å²) in [6, 6.07) is 2.40. The van der Waals surface area contributed by atoms with Gasteiger partial charge in [-0.2, -0.15) is 20.2 Å². The van der Waals surface area contributed by atoms with E-state index < -0.39 is 5.54 Å². The van der Waals surface area contributed by atoms with E-state index in [1.54, 1.807) is 7.05 Å². The number of nitrogens with one attached hydrogen (secondary N) is 2. The number of anilines is 2. The molecule has 0 amide bonds. The van der Waals surface area contributed by atoms with Gasteiger partial charge in [0.2, 0.25) is 17.2 Å². The zero-order valence-electron chi connectivity index (χ0n) is 12.0. The van der Waals surface area contributed by atoms with Crippen LogP contribution in [0, 0.1) is 16.7 Å². The smallest absolute Gasteiger partial charge is 0.230 e. The second kappa shape index (κ2) is 5.41. The molecular weight excluding hydrogens is 276 g/mol. The Kier molecular flexibility index (Phi) is 4.00. The number of hydrogen-bond acceptors (Lipinski definition) is 6. The molecule has 20 heavy (non-hydrogen) atoms. The van der Waals surface area contributed by atoms with E-state index >= 15 is 0 Å². The molecule has 1 aromatic heterocycles. The average Bonchev–Trinajstić information content (AvgIpc) is 2.36. The Morgan fingerprint density at radius 3 is 2.50 bits per heavy atom. The van der Waals surface area contributed by atoms with Gasteiger partial charge in [-0.05, 0) is 42.7 Å². The van der Waals surface area contributed by atoms with E-state index in [1.807, 2.05) is 0 Å². The molecule has 1 aliphatic carbocycles. The molecule has 1 aromatic rings. The second-order valence-corrected chi connectivity index (χ2v) is 6.35. The predicted octanol–water partition coefficient (Wildman–Crippen LogP) is 2.84. The SMILES string of the molecule is CNc1nc(Cl)nc(NC2(C#N)CCCC(C)(C)C2)n1. The van der Waals surface area contributed by atoms with Gasteiger partial charge in [0.1, 0.15) is 5.54 Å². The van der Waals surface area contributed by atoms with Crippen molar-refractivity contribution in [2.75, 3.05) is 17.7 Å². The first-order valence-electron chi connectivity index (χ1n) is 6.67.